The minimum Gasteiger partial charge on any atom is -0.484 e. The maximum atomic E-state index is 13.1. The van der Waals surface area contributed by atoms with Crippen molar-refractivity contribution in [1.29, 1.82) is 0 Å². The van der Waals surface area contributed by atoms with Crippen molar-refractivity contribution >= 4 is 27.4 Å². The van der Waals surface area contributed by atoms with Crippen LogP contribution in [-0.4, -0.2) is 24.7 Å². The summed E-state index contributed by atoms with van der Waals surface area (Å²) in [6, 6.07) is 15.6. The summed E-state index contributed by atoms with van der Waals surface area (Å²) in [6.07, 6.45) is 3.54. The Bertz CT molecular complexity index is 892. The van der Waals surface area contributed by atoms with Crippen LogP contribution < -0.4 is 9.64 Å². The summed E-state index contributed by atoms with van der Waals surface area (Å²) in [5.74, 6) is 0.869. The highest BCUT2D eigenvalue weighted by Gasteiger charge is 2.47. The van der Waals surface area contributed by atoms with Gasteiger partial charge in [0, 0.05) is 28.9 Å². The Morgan fingerprint density at radius 2 is 1.88 bits per heavy atom. The second-order valence-electron chi connectivity index (χ2n) is 6.90. The largest absolute Gasteiger partial charge is 0.484 e. The molecule has 132 valence electrons. The van der Waals surface area contributed by atoms with Crippen molar-refractivity contribution in [2.75, 3.05) is 11.5 Å². The molecule has 1 fully saturated rings. The quantitative estimate of drug-likeness (QED) is 0.689. The summed E-state index contributed by atoms with van der Waals surface area (Å²) in [5.41, 5.74) is 2.38. The van der Waals surface area contributed by atoms with Crippen LogP contribution in [0.4, 0.5) is 5.69 Å². The summed E-state index contributed by atoms with van der Waals surface area (Å²) in [6.45, 7) is 0.731. The number of halogens is 1. The lowest BCUT2D eigenvalue weighted by atomic mass is 9.81. The van der Waals surface area contributed by atoms with Gasteiger partial charge in [-0.1, -0.05) is 28.1 Å². The maximum absolute atomic E-state index is 13.1. The van der Waals surface area contributed by atoms with Gasteiger partial charge in [-0.3, -0.25) is 4.79 Å². The van der Waals surface area contributed by atoms with Crippen LogP contribution in [0.25, 0.3) is 0 Å². The van der Waals surface area contributed by atoms with E-state index in [1.54, 1.807) is 0 Å². The monoisotopic (exact) mass is 411 g/mol. The number of ketones is 1. The molecule has 2 aromatic carbocycles. The van der Waals surface area contributed by atoms with Crippen LogP contribution in [0.5, 0.6) is 5.75 Å². The van der Waals surface area contributed by atoms with Gasteiger partial charge in [-0.25, -0.2) is 0 Å². The molecular weight excluding hydrogens is 394 g/mol. The highest BCUT2D eigenvalue weighted by atomic mass is 79.9. The normalized spacial score (nSPS) is 27.0. The Hall–Kier alpha value is -2.11. The van der Waals surface area contributed by atoms with Gasteiger partial charge in [-0.2, -0.15) is 0 Å². The van der Waals surface area contributed by atoms with E-state index in [9.17, 15) is 4.79 Å². The number of carbonyl (C=O) groups is 1. The van der Waals surface area contributed by atoms with E-state index in [0.717, 1.165) is 35.2 Å². The average Bonchev–Trinajstić information content (AvgIpc) is 2.69. The molecule has 3 aliphatic heterocycles. The number of rotatable bonds is 1. The molecule has 0 N–H and O–H groups in total. The predicted octanol–water partition coefficient (Wildman–Crippen LogP) is 4.55. The fourth-order valence-electron chi connectivity index (χ4n) is 4.13. The van der Waals surface area contributed by atoms with E-state index in [1.165, 1.54) is 0 Å². The van der Waals surface area contributed by atoms with E-state index >= 15 is 0 Å². The summed E-state index contributed by atoms with van der Waals surface area (Å²) in [4.78, 5) is 15.2. The maximum Gasteiger partial charge on any atom is 0.197 e. The molecule has 0 spiro atoms. The number of hydrogen-bond acceptors (Lipinski definition) is 4. The minimum absolute atomic E-state index is 0.0583. The molecule has 2 aromatic rings. The van der Waals surface area contributed by atoms with E-state index in [2.05, 4.69) is 20.8 Å². The fourth-order valence-corrected chi connectivity index (χ4v) is 4.39. The lowest BCUT2D eigenvalue weighted by Crippen LogP contribution is -2.55. The van der Waals surface area contributed by atoms with Crippen molar-refractivity contribution in [3.05, 3.63) is 70.3 Å². The molecule has 3 aliphatic rings. The summed E-state index contributed by atoms with van der Waals surface area (Å²) in [7, 11) is 0. The number of para-hydroxylation sites is 1. The molecule has 1 saturated heterocycles. The minimum atomic E-state index is -0.241. The molecule has 0 saturated carbocycles. The first-order chi connectivity index (χ1) is 12.7. The molecule has 0 amide bonds. The van der Waals surface area contributed by atoms with E-state index in [4.69, 9.17) is 9.47 Å². The predicted molar refractivity (Wildman–Crippen MR) is 102 cm³/mol. The van der Waals surface area contributed by atoms with Crippen molar-refractivity contribution < 1.29 is 14.3 Å². The molecule has 26 heavy (non-hydrogen) atoms. The smallest absolute Gasteiger partial charge is 0.197 e. The molecule has 5 heteroatoms. The Morgan fingerprint density at radius 1 is 1.08 bits per heavy atom. The first-order valence-corrected chi connectivity index (χ1v) is 9.69. The zero-order chi connectivity index (χ0) is 17.7. The Labute approximate surface area is 160 Å². The SMILES string of the molecule is O=C1C2=CN(c3ccc(Br)cc3)[C@H]3OCCC[C@H]3[C@H]2Oc2ccccc21. The number of anilines is 1. The second kappa shape index (κ2) is 6.25. The zero-order valence-electron chi connectivity index (χ0n) is 14.1. The molecule has 3 heterocycles. The summed E-state index contributed by atoms with van der Waals surface area (Å²) in [5, 5.41) is 0. The van der Waals surface area contributed by atoms with Crippen LogP contribution in [0.2, 0.25) is 0 Å². The molecule has 4 nitrogen and oxygen atoms in total. The van der Waals surface area contributed by atoms with Crippen molar-refractivity contribution in [2.24, 2.45) is 5.92 Å². The lowest BCUT2D eigenvalue weighted by molar-refractivity contribution is -0.0599. The van der Waals surface area contributed by atoms with Gasteiger partial charge in [0.25, 0.3) is 0 Å². The van der Waals surface area contributed by atoms with Gasteiger partial charge in [-0.15, -0.1) is 0 Å². The van der Waals surface area contributed by atoms with Crippen LogP contribution in [0.3, 0.4) is 0 Å². The van der Waals surface area contributed by atoms with Crippen molar-refractivity contribution in [3.63, 3.8) is 0 Å². The van der Waals surface area contributed by atoms with Gasteiger partial charge in [0.15, 0.2) is 5.78 Å². The highest BCUT2D eigenvalue weighted by molar-refractivity contribution is 9.10. The van der Waals surface area contributed by atoms with Crippen molar-refractivity contribution in [3.8, 4) is 5.75 Å². The highest BCUT2D eigenvalue weighted by Crippen LogP contribution is 2.43. The third-order valence-electron chi connectivity index (χ3n) is 5.36. The third kappa shape index (κ3) is 2.49. The first-order valence-electron chi connectivity index (χ1n) is 8.90. The van der Waals surface area contributed by atoms with Crippen LogP contribution in [0, 0.1) is 5.92 Å². The Kier molecular flexibility index (Phi) is 3.87. The zero-order valence-corrected chi connectivity index (χ0v) is 15.7. The number of nitrogens with zero attached hydrogens (tertiary/aromatic N) is 1. The molecular formula is C21H18BrNO3. The van der Waals surface area contributed by atoms with E-state index in [0.29, 0.717) is 11.3 Å². The molecule has 0 aromatic heterocycles. The molecule has 0 bridgehead atoms. The van der Waals surface area contributed by atoms with Crippen LogP contribution in [0.1, 0.15) is 23.2 Å². The Morgan fingerprint density at radius 3 is 2.73 bits per heavy atom. The lowest BCUT2D eigenvalue weighted by Gasteiger charge is -2.47. The molecule has 0 aliphatic carbocycles. The van der Waals surface area contributed by atoms with Gasteiger partial charge in [-0.05, 0) is 49.2 Å². The summed E-state index contributed by atoms with van der Waals surface area (Å²) < 4.78 is 13.4. The van der Waals surface area contributed by atoms with Gasteiger partial charge in [0.1, 0.15) is 18.1 Å². The van der Waals surface area contributed by atoms with Crippen molar-refractivity contribution in [2.45, 2.75) is 25.2 Å². The van der Waals surface area contributed by atoms with Crippen LogP contribution in [0.15, 0.2) is 64.8 Å². The van der Waals surface area contributed by atoms with Gasteiger partial charge < -0.3 is 14.4 Å². The third-order valence-corrected chi connectivity index (χ3v) is 5.89. The second-order valence-corrected chi connectivity index (χ2v) is 7.81. The number of ether oxygens (including phenoxy) is 2. The number of benzene rings is 2. The average molecular weight is 412 g/mol. The van der Waals surface area contributed by atoms with Gasteiger partial charge >= 0.3 is 0 Å². The molecule has 0 unspecified atom stereocenters. The Balaban J connectivity index is 1.63. The summed E-state index contributed by atoms with van der Waals surface area (Å²) >= 11 is 3.48. The molecule has 3 atom stereocenters. The topological polar surface area (TPSA) is 38.8 Å². The van der Waals surface area contributed by atoms with Crippen LogP contribution in [-0.2, 0) is 4.74 Å². The first kappa shape index (κ1) is 16.1. The van der Waals surface area contributed by atoms with Crippen LogP contribution >= 0.6 is 15.9 Å². The standard InChI is InChI=1S/C21H18BrNO3/c22-13-7-9-14(10-8-13)23-12-17-19(24)15-4-1-2-6-18(15)26-20(17)16-5-3-11-25-21(16)23/h1-2,4,6-10,12,16,20-21H,3,5,11H2/t16-,20+,21-/m0/s1. The molecule has 0 radical (unpaired) electrons. The van der Waals surface area contributed by atoms with E-state index in [-0.39, 0.29) is 24.0 Å². The number of hydrogen-bond donors (Lipinski definition) is 0. The van der Waals surface area contributed by atoms with E-state index in [1.807, 2.05) is 54.7 Å². The van der Waals surface area contributed by atoms with E-state index < -0.39 is 0 Å². The number of Topliss-reactive ketones (excluding diaryl/α,β-unsaturated/α-hetero) is 1. The number of fused-ring (bicyclic) bond motifs is 4. The van der Waals surface area contributed by atoms with Gasteiger partial charge in [0.2, 0.25) is 0 Å². The van der Waals surface area contributed by atoms with Gasteiger partial charge in [0.05, 0.1) is 11.1 Å². The van der Waals surface area contributed by atoms with Crippen molar-refractivity contribution in [1.82, 2.24) is 0 Å². The fraction of sp³-hybridized carbons (Fsp3) is 0.286. The molecule has 5 rings (SSSR count). The number of carbonyl (C=O) groups excluding carboxylic acids is 1.